The van der Waals surface area contributed by atoms with Gasteiger partial charge in [0.2, 0.25) is 0 Å². The number of hydrogen-bond acceptors (Lipinski definition) is 3. The van der Waals surface area contributed by atoms with Crippen LogP contribution in [0.25, 0.3) is 0 Å². The van der Waals surface area contributed by atoms with Crippen molar-refractivity contribution in [3.05, 3.63) is 35.9 Å². The summed E-state index contributed by atoms with van der Waals surface area (Å²) in [5, 5.41) is 9.34. The van der Waals surface area contributed by atoms with Gasteiger partial charge in [0, 0.05) is 6.61 Å². The molecule has 2 atom stereocenters. The minimum atomic E-state index is -1.82. The van der Waals surface area contributed by atoms with Crippen molar-refractivity contribution in [2.24, 2.45) is 0 Å². The summed E-state index contributed by atoms with van der Waals surface area (Å²) in [6.45, 7) is 14.2. The van der Waals surface area contributed by atoms with Crippen molar-refractivity contribution in [1.82, 2.24) is 0 Å². The van der Waals surface area contributed by atoms with E-state index in [-0.39, 0.29) is 23.9 Å². The Bertz CT molecular complexity index is 440. The Morgan fingerprint density at radius 2 is 1.74 bits per heavy atom. The van der Waals surface area contributed by atoms with Crippen LogP contribution in [-0.2, 0) is 15.8 Å². The maximum Gasteiger partial charge on any atom is 0.192 e. The number of benzene rings is 1. The first-order chi connectivity index (χ1) is 10.7. The van der Waals surface area contributed by atoms with E-state index < -0.39 is 8.32 Å². The van der Waals surface area contributed by atoms with Crippen LogP contribution in [0, 0.1) is 0 Å². The van der Waals surface area contributed by atoms with Crippen molar-refractivity contribution in [3.8, 4) is 0 Å². The number of hydrogen-bond donors (Lipinski definition) is 1. The average molecular weight is 339 g/mol. The second kappa shape index (κ2) is 8.97. The molecule has 0 heterocycles. The molecular weight excluding hydrogens is 304 g/mol. The van der Waals surface area contributed by atoms with Crippen molar-refractivity contribution in [2.45, 2.75) is 77.5 Å². The third-order valence-electron chi connectivity index (χ3n) is 4.76. The minimum Gasteiger partial charge on any atom is -0.412 e. The fraction of sp³-hybridized carbons (Fsp3) is 0.684. The van der Waals surface area contributed by atoms with Gasteiger partial charge in [0.05, 0.1) is 18.8 Å². The topological polar surface area (TPSA) is 38.7 Å². The Morgan fingerprint density at radius 3 is 2.26 bits per heavy atom. The quantitative estimate of drug-likeness (QED) is 0.660. The third-order valence-corrected chi connectivity index (χ3v) is 9.34. The van der Waals surface area contributed by atoms with Crippen LogP contribution >= 0.6 is 0 Å². The molecule has 4 heteroatoms. The molecule has 0 aliphatic heterocycles. The van der Waals surface area contributed by atoms with E-state index >= 15 is 0 Å². The Hall–Kier alpha value is -0.683. The van der Waals surface area contributed by atoms with E-state index in [0.29, 0.717) is 6.61 Å². The van der Waals surface area contributed by atoms with Gasteiger partial charge in [-0.15, -0.1) is 0 Å². The molecule has 1 aromatic carbocycles. The molecule has 0 radical (unpaired) electrons. The zero-order valence-corrected chi connectivity index (χ0v) is 16.6. The zero-order valence-electron chi connectivity index (χ0n) is 15.6. The first kappa shape index (κ1) is 20.4. The lowest BCUT2D eigenvalue weighted by Crippen LogP contribution is -2.46. The predicted molar refractivity (Wildman–Crippen MR) is 99.1 cm³/mol. The standard InChI is InChI=1S/C19H34O3Si/c1-16(22-23(5,6)19(2,3)4)18(13-10-14-20)21-15-17-11-8-7-9-12-17/h7-9,11-12,16,18,20H,10,13-15H2,1-6H3/t16-,18+/m0/s1. The summed E-state index contributed by atoms with van der Waals surface area (Å²) in [5.41, 5.74) is 1.17. The highest BCUT2D eigenvalue weighted by atomic mass is 28.4. The fourth-order valence-electron chi connectivity index (χ4n) is 2.24. The summed E-state index contributed by atoms with van der Waals surface area (Å²) in [4.78, 5) is 0. The SMILES string of the molecule is C[C@H](O[Si](C)(C)C(C)(C)C)[C@@H](CCCO)OCc1ccccc1. The number of aliphatic hydroxyl groups excluding tert-OH is 1. The molecule has 0 aliphatic carbocycles. The van der Waals surface area contributed by atoms with Gasteiger partial charge in [0.25, 0.3) is 0 Å². The van der Waals surface area contributed by atoms with Crippen LogP contribution in [0.5, 0.6) is 0 Å². The lowest BCUT2D eigenvalue weighted by molar-refractivity contribution is -0.0393. The van der Waals surface area contributed by atoms with Gasteiger partial charge in [0.1, 0.15) is 0 Å². The molecule has 0 fully saturated rings. The largest absolute Gasteiger partial charge is 0.412 e. The maximum absolute atomic E-state index is 9.16. The van der Waals surface area contributed by atoms with Crippen LogP contribution in [-0.4, -0.2) is 32.2 Å². The van der Waals surface area contributed by atoms with Crippen molar-refractivity contribution < 1.29 is 14.3 Å². The van der Waals surface area contributed by atoms with Crippen LogP contribution in [0.4, 0.5) is 0 Å². The molecule has 1 N–H and O–H groups in total. The van der Waals surface area contributed by atoms with Crippen LogP contribution in [0.3, 0.4) is 0 Å². The van der Waals surface area contributed by atoms with Gasteiger partial charge in [0.15, 0.2) is 8.32 Å². The number of rotatable bonds is 9. The van der Waals surface area contributed by atoms with Gasteiger partial charge in [-0.25, -0.2) is 0 Å². The number of ether oxygens (including phenoxy) is 1. The molecule has 0 saturated heterocycles. The number of aliphatic hydroxyl groups is 1. The molecule has 0 amide bonds. The van der Waals surface area contributed by atoms with Crippen molar-refractivity contribution in [3.63, 3.8) is 0 Å². The van der Waals surface area contributed by atoms with Gasteiger partial charge in [-0.2, -0.15) is 0 Å². The average Bonchev–Trinajstić information content (AvgIpc) is 2.46. The third kappa shape index (κ3) is 6.75. The van der Waals surface area contributed by atoms with E-state index in [1.165, 1.54) is 5.56 Å². The zero-order chi connectivity index (χ0) is 17.5. The highest BCUT2D eigenvalue weighted by Crippen LogP contribution is 2.38. The molecule has 0 spiro atoms. The molecular formula is C19H34O3Si. The fourth-order valence-corrected chi connectivity index (χ4v) is 3.68. The maximum atomic E-state index is 9.16. The van der Waals surface area contributed by atoms with Crippen molar-refractivity contribution >= 4 is 8.32 Å². The summed E-state index contributed by atoms with van der Waals surface area (Å²) >= 11 is 0. The van der Waals surface area contributed by atoms with E-state index in [1.807, 2.05) is 18.2 Å². The molecule has 0 bridgehead atoms. The summed E-state index contributed by atoms with van der Waals surface area (Å²) in [6.07, 6.45) is 1.60. The molecule has 1 rings (SSSR count). The molecule has 0 unspecified atom stereocenters. The first-order valence-electron chi connectivity index (χ1n) is 8.61. The van der Waals surface area contributed by atoms with Crippen LogP contribution in [0.2, 0.25) is 18.1 Å². The van der Waals surface area contributed by atoms with Gasteiger partial charge in [-0.05, 0) is 43.5 Å². The van der Waals surface area contributed by atoms with E-state index in [1.54, 1.807) is 0 Å². The summed E-state index contributed by atoms with van der Waals surface area (Å²) in [6, 6.07) is 10.2. The highest BCUT2D eigenvalue weighted by molar-refractivity contribution is 6.74. The van der Waals surface area contributed by atoms with Gasteiger partial charge in [-0.3, -0.25) is 0 Å². The van der Waals surface area contributed by atoms with Gasteiger partial charge < -0.3 is 14.3 Å². The summed E-state index contributed by atoms with van der Waals surface area (Å²) in [7, 11) is -1.82. The Balaban J connectivity index is 2.68. The molecule has 3 nitrogen and oxygen atoms in total. The van der Waals surface area contributed by atoms with Crippen LogP contribution in [0.1, 0.15) is 46.1 Å². The smallest absolute Gasteiger partial charge is 0.192 e. The summed E-state index contributed by atoms with van der Waals surface area (Å²) < 4.78 is 12.6. The Kier molecular flexibility index (Phi) is 7.94. The summed E-state index contributed by atoms with van der Waals surface area (Å²) in [5.74, 6) is 0. The minimum absolute atomic E-state index is 0.0106. The molecule has 1 aromatic rings. The first-order valence-corrected chi connectivity index (χ1v) is 11.5. The normalized spacial score (nSPS) is 15.4. The highest BCUT2D eigenvalue weighted by Gasteiger charge is 2.39. The molecule has 0 aromatic heterocycles. The molecule has 0 aliphatic rings. The second-order valence-corrected chi connectivity index (χ2v) is 12.5. The second-order valence-electron chi connectivity index (χ2n) is 7.78. The molecule has 132 valence electrons. The Morgan fingerprint density at radius 1 is 1.13 bits per heavy atom. The van der Waals surface area contributed by atoms with E-state index in [4.69, 9.17) is 14.3 Å². The predicted octanol–water partition coefficient (Wildman–Crippen LogP) is 4.75. The van der Waals surface area contributed by atoms with Gasteiger partial charge >= 0.3 is 0 Å². The van der Waals surface area contributed by atoms with Gasteiger partial charge in [-0.1, -0.05) is 51.1 Å². The van der Waals surface area contributed by atoms with Crippen molar-refractivity contribution in [2.75, 3.05) is 6.61 Å². The van der Waals surface area contributed by atoms with Crippen molar-refractivity contribution in [1.29, 1.82) is 0 Å². The van der Waals surface area contributed by atoms with E-state index in [0.717, 1.165) is 12.8 Å². The Labute approximate surface area is 143 Å². The molecule has 23 heavy (non-hydrogen) atoms. The molecule has 0 saturated carbocycles. The lowest BCUT2D eigenvalue weighted by Gasteiger charge is -2.40. The van der Waals surface area contributed by atoms with E-state index in [9.17, 15) is 0 Å². The monoisotopic (exact) mass is 338 g/mol. The lowest BCUT2D eigenvalue weighted by atomic mass is 10.1. The van der Waals surface area contributed by atoms with Crippen LogP contribution < -0.4 is 0 Å². The van der Waals surface area contributed by atoms with E-state index in [2.05, 4.69) is 52.9 Å². The van der Waals surface area contributed by atoms with Crippen LogP contribution in [0.15, 0.2) is 30.3 Å².